The number of carbonyl (C=O) groups excluding carboxylic acids is 1. The molecule has 0 aromatic heterocycles. The molecule has 2 aliphatic rings. The molecule has 6 nitrogen and oxygen atoms in total. The Bertz CT molecular complexity index is 1090. The van der Waals surface area contributed by atoms with Crippen molar-refractivity contribution in [3.8, 4) is 0 Å². The third-order valence-electron chi connectivity index (χ3n) is 5.57. The van der Waals surface area contributed by atoms with E-state index in [4.69, 9.17) is 16.3 Å². The largest absolute Gasteiger partial charge is 0.379 e. The van der Waals surface area contributed by atoms with Crippen LogP contribution in [0.15, 0.2) is 53.4 Å². The maximum absolute atomic E-state index is 14.2. The predicted octanol–water partition coefficient (Wildman–Crippen LogP) is 3.70. The van der Waals surface area contributed by atoms with Crippen molar-refractivity contribution in [1.29, 1.82) is 0 Å². The average Bonchev–Trinajstić information content (AvgIpc) is 3.63. The first-order valence-corrected chi connectivity index (χ1v) is 12.3. The second kappa shape index (κ2) is 9.70. The number of benzene rings is 2. The maximum atomic E-state index is 14.2. The number of hydrogen-bond acceptors (Lipinski definition) is 4. The summed E-state index contributed by atoms with van der Waals surface area (Å²) in [7, 11) is -3.56. The quantitative estimate of drug-likeness (QED) is 0.569. The number of nitrogens with zero attached hydrogens (tertiary/aromatic N) is 2. The molecule has 1 saturated carbocycles. The lowest BCUT2D eigenvalue weighted by atomic mass is 10.1. The average molecular weight is 479 g/mol. The van der Waals surface area contributed by atoms with Crippen molar-refractivity contribution < 1.29 is 22.3 Å². The van der Waals surface area contributed by atoms with Gasteiger partial charge in [0.2, 0.25) is 15.9 Å². The Kier molecular flexibility index (Phi) is 6.95. The van der Waals surface area contributed by atoms with Crippen molar-refractivity contribution in [2.75, 3.05) is 26.3 Å². The van der Waals surface area contributed by atoms with Gasteiger partial charge in [0.15, 0.2) is 0 Å². The van der Waals surface area contributed by atoms with Gasteiger partial charge in [-0.25, -0.2) is 12.8 Å². The van der Waals surface area contributed by atoms with E-state index in [1.54, 1.807) is 29.2 Å². The van der Waals surface area contributed by atoms with E-state index in [1.165, 1.54) is 34.6 Å². The summed E-state index contributed by atoms with van der Waals surface area (Å²) >= 11 is 6.13. The van der Waals surface area contributed by atoms with Crippen LogP contribution >= 0.6 is 11.6 Å². The standard InChI is InChI=1S/C23H24ClFN2O4S/c24-21-2-1-3-22(25)20(21)16-27(18-7-8-18)23(28)11-6-17-4-9-19(10-5-17)32(29,30)26-12-14-31-15-13-26/h1-6,9-11,18H,7-8,12-16H2/b11-6+. The Labute approximate surface area is 192 Å². The second-order valence-corrected chi connectivity index (χ2v) is 10.2. The van der Waals surface area contributed by atoms with Gasteiger partial charge in [-0.15, -0.1) is 0 Å². The molecule has 0 N–H and O–H groups in total. The molecule has 0 radical (unpaired) electrons. The van der Waals surface area contributed by atoms with Crippen LogP contribution in [0.25, 0.3) is 6.08 Å². The van der Waals surface area contributed by atoms with E-state index < -0.39 is 15.8 Å². The van der Waals surface area contributed by atoms with Gasteiger partial charge >= 0.3 is 0 Å². The summed E-state index contributed by atoms with van der Waals surface area (Å²) in [5.74, 6) is -0.672. The zero-order valence-electron chi connectivity index (χ0n) is 17.4. The summed E-state index contributed by atoms with van der Waals surface area (Å²) in [6.07, 6.45) is 4.81. The SMILES string of the molecule is O=C(/C=C/c1ccc(S(=O)(=O)N2CCOCC2)cc1)N(Cc1c(F)cccc1Cl)C1CC1. The van der Waals surface area contributed by atoms with Gasteiger partial charge in [-0.1, -0.05) is 29.8 Å². The van der Waals surface area contributed by atoms with Crippen LogP contribution in [-0.2, 0) is 26.1 Å². The second-order valence-electron chi connectivity index (χ2n) is 7.82. The summed E-state index contributed by atoms with van der Waals surface area (Å²) in [6.45, 7) is 1.55. The number of rotatable bonds is 7. The molecule has 170 valence electrons. The Morgan fingerprint density at radius 2 is 1.84 bits per heavy atom. The summed E-state index contributed by atoms with van der Waals surface area (Å²) in [5, 5.41) is 0.296. The van der Waals surface area contributed by atoms with E-state index in [0.29, 0.717) is 42.5 Å². The van der Waals surface area contributed by atoms with Gasteiger partial charge in [0, 0.05) is 35.8 Å². The van der Waals surface area contributed by atoms with Crippen LogP contribution in [0.2, 0.25) is 5.02 Å². The zero-order valence-corrected chi connectivity index (χ0v) is 19.0. The van der Waals surface area contributed by atoms with E-state index in [1.807, 2.05) is 0 Å². The first kappa shape index (κ1) is 22.9. The summed E-state index contributed by atoms with van der Waals surface area (Å²) in [5.41, 5.74) is 0.999. The maximum Gasteiger partial charge on any atom is 0.247 e. The molecule has 0 spiro atoms. The third-order valence-corrected chi connectivity index (χ3v) is 7.83. The van der Waals surface area contributed by atoms with Crippen molar-refractivity contribution >= 4 is 33.6 Å². The fourth-order valence-electron chi connectivity index (χ4n) is 3.58. The number of amides is 1. The number of hydrogen-bond donors (Lipinski definition) is 0. The Morgan fingerprint density at radius 1 is 1.16 bits per heavy atom. The number of sulfonamides is 1. The lowest BCUT2D eigenvalue weighted by Gasteiger charge is -2.26. The number of ether oxygens (including phenoxy) is 1. The van der Waals surface area contributed by atoms with E-state index in [2.05, 4.69) is 0 Å². The number of halogens is 2. The minimum Gasteiger partial charge on any atom is -0.379 e. The fourth-order valence-corrected chi connectivity index (χ4v) is 5.21. The highest BCUT2D eigenvalue weighted by molar-refractivity contribution is 7.89. The molecule has 1 saturated heterocycles. The molecule has 0 atom stereocenters. The van der Waals surface area contributed by atoms with E-state index in [0.717, 1.165) is 12.8 Å². The molecule has 1 heterocycles. The molecule has 1 aliphatic heterocycles. The van der Waals surface area contributed by atoms with Crippen molar-refractivity contribution in [3.63, 3.8) is 0 Å². The minimum absolute atomic E-state index is 0.0730. The van der Waals surface area contributed by atoms with Crippen LogP contribution < -0.4 is 0 Å². The van der Waals surface area contributed by atoms with E-state index in [-0.39, 0.29) is 23.4 Å². The highest BCUT2D eigenvalue weighted by Gasteiger charge is 2.32. The third kappa shape index (κ3) is 5.20. The Balaban J connectivity index is 1.45. The van der Waals surface area contributed by atoms with Gasteiger partial charge in [-0.2, -0.15) is 4.31 Å². The lowest BCUT2D eigenvalue weighted by molar-refractivity contribution is -0.127. The highest BCUT2D eigenvalue weighted by Crippen LogP contribution is 2.31. The van der Waals surface area contributed by atoms with Gasteiger partial charge in [0.25, 0.3) is 0 Å². The molecule has 2 fully saturated rings. The smallest absolute Gasteiger partial charge is 0.247 e. The molecule has 2 aromatic carbocycles. The summed E-state index contributed by atoms with van der Waals surface area (Å²) in [6, 6.07) is 10.9. The van der Waals surface area contributed by atoms with Crippen LogP contribution in [0.5, 0.6) is 0 Å². The van der Waals surface area contributed by atoms with Crippen LogP contribution in [0.3, 0.4) is 0 Å². The van der Waals surface area contributed by atoms with Gasteiger partial charge in [0.05, 0.1) is 24.7 Å². The van der Waals surface area contributed by atoms with Gasteiger partial charge in [-0.05, 0) is 48.7 Å². The van der Waals surface area contributed by atoms with E-state index in [9.17, 15) is 17.6 Å². The monoisotopic (exact) mass is 478 g/mol. The van der Waals surface area contributed by atoms with Gasteiger partial charge in [0.1, 0.15) is 5.82 Å². The van der Waals surface area contributed by atoms with Crippen molar-refractivity contribution in [2.45, 2.75) is 30.3 Å². The van der Waals surface area contributed by atoms with Gasteiger partial charge in [-0.3, -0.25) is 4.79 Å². The van der Waals surface area contributed by atoms with Crippen molar-refractivity contribution in [3.05, 3.63) is 70.5 Å². The fraction of sp³-hybridized carbons (Fsp3) is 0.348. The number of carbonyl (C=O) groups is 1. The van der Waals surface area contributed by atoms with Crippen molar-refractivity contribution in [1.82, 2.24) is 9.21 Å². The molecule has 0 bridgehead atoms. The van der Waals surface area contributed by atoms with E-state index >= 15 is 0 Å². The first-order valence-electron chi connectivity index (χ1n) is 10.5. The number of morpholine rings is 1. The van der Waals surface area contributed by atoms with Crippen molar-refractivity contribution in [2.24, 2.45) is 0 Å². The molecular formula is C23H24ClFN2O4S. The molecule has 1 amide bonds. The van der Waals surface area contributed by atoms with Crippen LogP contribution in [0.1, 0.15) is 24.0 Å². The van der Waals surface area contributed by atoms with Crippen LogP contribution in [0.4, 0.5) is 4.39 Å². The molecular weight excluding hydrogens is 455 g/mol. The molecule has 32 heavy (non-hydrogen) atoms. The first-order chi connectivity index (χ1) is 15.4. The summed E-state index contributed by atoms with van der Waals surface area (Å²) in [4.78, 5) is 14.6. The molecule has 2 aromatic rings. The van der Waals surface area contributed by atoms with Crippen LogP contribution in [-0.4, -0.2) is 55.9 Å². The Morgan fingerprint density at radius 3 is 2.47 bits per heavy atom. The molecule has 4 rings (SSSR count). The molecule has 1 aliphatic carbocycles. The highest BCUT2D eigenvalue weighted by atomic mass is 35.5. The molecule has 0 unspecified atom stereocenters. The topological polar surface area (TPSA) is 66.9 Å². The Hall–Kier alpha value is -2.26. The summed E-state index contributed by atoms with van der Waals surface area (Å²) < 4.78 is 46.2. The van der Waals surface area contributed by atoms with Crippen LogP contribution in [0, 0.1) is 5.82 Å². The normalized spacial score (nSPS) is 17.6. The van der Waals surface area contributed by atoms with Gasteiger partial charge < -0.3 is 9.64 Å². The zero-order chi connectivity index (χ0) is 22.7. The minimum atomic E-state index is -3.56. The molecule has 9 heteroatoms. The predicted molar refractivity (Wildman–Crippen MR) is 120 cm³/mol. The lowest BCUT2D eigenvalue weighted by Crippen LogP contribution is -2.40.